The van der Waals surface area contributed by atoms with Crippen molar-refractivity contribution in [3.8, 4) is 5.75 Å². The summed E-state index contributed by atoms with van der Waals surface area (Å²) in [6.45, 7) is 0. The molecule has 0 fully saturated rings. The maximum atomic E-state index is 5.84. The maximum Gasteiger partial charge on any atom is 0.241 e. The number of hydrogen-bond donors (Lipinski definition) is 2. The fourth-order valence-corrected chi connectivity index (χ4v) is 3.30. The molecular formula is C18H19N5O. The molecule has 0 aliphatic carbocycles. The number of nitrogen functional groups attached to an aromatic ring is 1. The minimum Gasteiger partial charge on any atom is -0.496 e. The minimum absolute atomic E-state index is 0.00686. The molecule has 2 unspecified atom stereocenters. The topological polar surface area (TPSA) is 78.0 Å². The number of nitrogens with one attached hydrogen (secondary N) is 1. The van der Waals surface area contributed by atoms with Gasteiger partial charge in [0.2, 0.25) is 11.9 Å². The van der Waals surface area contributed by atoms with Crippen LogP contribution in [0.4, 0.5) is 11.9 Å². The lowest BCUT2D eigenvalue weighted by Gasteiger charge is -2.32. The van der Waals surface area contributed by atoms with Gasteiger partial charge in [0, 0.05) is 5.56 Å². The highest BCUT2D eigenvalue weighted by molar-refractivity contribution is 5.44. The van der Waals surface area contributed by atoms with Crippen LogP contribution in [0.3, 0.4) is 0 Å². The first-order valence-corrected chi connectivity index (χ1v) is 7.92. The summed E-state index contributed by atoms with van der Waals surface area (Å²) in [5, 5.41) is 7.82. The number of aromatic nitrogens is 3. The van der Waals surface area contributed by atoms with Gasteiger partial charge >= 0.3 is 0 Å². The zero-order chi connectivity index (χ0) is 16.5. The van der Waals surface area contributed by atoms with Crippen LogP contribution in [0.5, 0.6) is 5.75 Å². The Balaban J connectivity index is 1.80. The zero-order valence-electron chi connectivity index (χ0n) is 13.4. The number of nitrogens with zero attached hydrogens (tertiary/aromatic N) is 3. The molecule has 2 aromatic carbocycles. The fourth-order valence-electron chi connectivity index (χ4n) is 3.30. The number of fused-ring (bicyclic) bond motifs is 1. The van der Waals surface area contributed by atoms with Crippen LogP contribution in [0.25, 0.3) is 0 Å². The fraction of sp³-hybridized carbons (Fsp3) is 0.222. The average molecular weight is 321 g/mol. The summed E-state index contributed by atoms with van der Waals surface area (Å²) in [4.78, 5) is 4.34. The van der Waals surface area contributed by atoms with Gasteiger partial charge in [0.05, 0.1) is 19.2 Å². The number of para-hydroxylation sites is 1. The highest BCUT2D eigenvalue weighted by Crippen LogP contribution is 2.40. The first-order chi connectivity index (χ1) is 11.8. The van der Waals surface area contributed by atoms with Crippen LogP contribution in [-0.2, 0) is 0 Å². The number of benzene rings is 2. The monoisotopic (exact) mass is 321 g/mol. The molecule has 1 aromatic heterocycles. The number of hydrogen-bond acceptors (Lipinski definition) is 5. The molecule has 3 N–H and O–H groups in total. The summed E-state index contributed by atoms with van der Waals surface area (Å²) in [6.07, 6.45) is 0.834. The van der Waals surface area contributed by atoms with Gasteiger partial charge in [-0.1, -0.05) is 48.5 Å². The Morgan fingerprint density at radius 2 is 1.88 bits per heavy atom. The molecule has 0 saturated heterocycles. The van der Waals surface area contributed by atoms with Crippen LogP contribution < -0.4 is 15.8 Å². The van der Waals surface area contributed by atoms with Gasteiger partial charge in [-0.3, -0.25) is 0 Å². The van der Waals surface area contributed by atoms with Gasteiger partial charge in [-0.2, -0.15) is 4.98 Å². The van der Waals surface area contributed by atoms with E-state index in [4.69, 9.17) is 10.5 Å². The number of anilines is 2. The molecule has 0 spiro atoms. The van der Waals surface area contributed by atoms with Crippen LogP contribution in [0, 0.1) is 0 Å². The third-order valence-electron chi connectivity index (χ3n) is 4.41. The lowest BCUT2D eigenvalue weighted by atomic mass is 9.93. The van der Waals surface area contributed by atoms with Gasteiger partial charge in [0.1, 0.15) is 5.75 Å². The summed E-state index contributed by atoms with van der Waals surface area (Å²) >= 11 is 0. The molecule has 0 bridgehead atoms. The van der Waals surface area contributed by atoms with E-state index in [1.165, 1.54) is 5.56 Å². The maximum absolute atomic E-state index is 5.84. The number of methoxy groups -OCH3 is 1. The van der Waals surface area contributed by atoms with Crippen molar-refractivity contribution < 1.29 is 4.74 Å². The summed E-state index contributed by atoms with van der Waals surface area (Å²) in [5.74, 6) is 1.80. The highest BCUT2D eigenvalue weighted by atomic mass is 16.5. The van der Waals surface area contributed by atoms with E-state index >= 15 is 0 Å². The third-order valence-corrected chi connectivity index (χ3v) is 4.41. The SMILES string of the molecule is COc1ccccc1C1CC(c2ccccc2)Nc2nc(N)nn21. The Morgan fingerprint density at radius 1 is 1.12 bits per heavy atom. The highest BCUT2D eigenvalue weighted by Gasteiger charge is 2.32. The predicted molar refractivity (Wildman–Crippen MR) is 93.0 cm³/mol. The molecule has 0 saturated carbocycles. The van der Waals surface area contributed by atoms with Gasteiger partial charge in [-0.15, -0.1) is 5.10 Å². The largest absolute Gasteiger partial charge is 0.496 e. The second kappa shape index (κ2) is 5.88. The molecule has 6 nitrogen and oxygen atoms in total. The van der Waals surface area contributed by atoms with E-state index in [9.17, 15) is 0 Å². The Bertz CT molecular complexity index is 846. The standard InChI is InChI=1S/C18H19N5O/c1-24-16-10-6-5-9-13(16)15-11-14(12-7-3-2-4-8-12)20-18-21-17(19)22-23(15)18/h2-10,14-15H,11H2,1H3,(H3,19,20,21,22). The second-order valence-electron chi connectivity index (χ2n) is 5.84. The molecule has 1 aliphatic heterocycles. The quantitative estimate of drug-likeness (QED) is 0.775. The Labute approximate surface area is 140 Å². The lowest BCUT2D eigenvalue weighted by molar-refractivity contribution is 0.380. The molecule has 2 atom stereocenters. The number of nitrogens with two attached hydrogens (primary N) is 1. The Kier molecular flexibility index (Phi) is 3.57. The molecule has 24 heavy (non-hydrogen) atoms. The molecule has 6 heteroatoms. The van der Waals surface area contributed by atoms with Crippen molar-refractivity contribution in [1.29, 1.82) is 0 Å². The predicted octanol–water partition coefficient (Wildman–Crippen LogP) is 3.02. The van der Waals surface area contributed by atoms with Crippen molar-refractivity contribution in [3.05, 3.63) is 65.7 Å². The molecular weight excluding hydrogens is 302 g/mol. The lowest BCUT2D eigenvalue weighted by Crippen LogP contribution is -2.28. The van der Waals surface area contributed by atoms with E-state index < -0.39 is 0 Å². The molecule has 4 rings (SSSR count). The molecule has 0 radical (unpaired) electrons. The van der Waals surface area contributed by atoms with E-state index in [2.05, 4.69) is 33.6 Å². The zero-order valence-corrected chi connectivity index (χ0v) is 13.4. The van der Waals surface area contributed by atoms with E-state index in [-0.39, 0.29) is 18.0 Å². The second-order valence-corrected chi connectivity index (χ2v) is 5.84. The van der Waals surface area contributed by atoms with Crippen molar-refractivity contribution in [2.24, 2.45) is 0 Å². The molecule has 1 aliphatic rings. The van der Waals surface area contributed by atoms with Gasteiger partial charge < -0.3 is 15.8 Å². The third kappa shape index (κ3) is 2.46. The van der Waals surface area contributed by atoms with Gasteiger partial charge in [-0.25, -0.2) is 4.68 Å². The summed E-state index contributed by atoms with van der Waals surface area (Å²) in [7, 11) is 1.69. The van der Waals surface area contributed by atoms with Crippen LogP contribution in [0.15, 0.2) is 54.6 Å². The van der Waals surface area contributed by atoms with E-state index in [0.29, 0.717) is 5.95 Å². The first-order valence-electron chi connectivity index (χ1n) is 7.92. The van der Waals surface area contributed by atoms with Gasteiger partial charge in [0.25, 0.3) is 0 Å². The van der Waals surface area contributed by atoms with Crippen molar-refractivity contribution in [2.75, 3.05) is 18.2 Å². The smallest absolute Gasteiger partial charge is 0.241 e. The summed E-state index contributed by atoms with van der Waals surface area (Å²) in [6, 6.07) is 18.5. The van der Waals surface area contributed by atoms with E-state index in [1.54, 1.807) is 7.11 Å². The molecule has 0 amide bonds. The van der Waals surface area contributed by atoms with Crippen molar-refractivity contribution in [2.45, 2.75) is 18.5 Å². The van der Waals surface area contributed by atoms with E-state index in [1.807, 2.05) is 41.1 Å². The normalized spacial score (nSPS) is 19.4. The van der Waals surface area contributed by atoms with Crippen LogP contribution >= 0.6 is 0 Å². The number of rotatable bonds is 3. The molecule has 2 heterocycles. The van der Waals surface area contributed by atoms with Crippen LogP contribution in [-0.4, -0.2) is 21.9 Å². The average Bonchev–Trinajstić information content (AvgIpc) is 3.01. The van der Waals surface area contributed by atoms with Crippen molar-refractivity contribution >= 4 is 11.9 Å². The van der Waals surface area contributed by atoms with Crippen molar-refractivity contribution in [1.82, 2.24) is 14.8 Å². The van der Waals surface area contributed by atoms with Gasteiger partial charge in [0.15, 0.2) is 0 Å². The van der Waals surface area contributed by atoms with Crippen LogP contribution in [0.1, 0.15) is 29.6 Å². The van der Waals surface area contributed by atoms with Crippen molar-refractivity contribution in [3.63, 3.8) is 0 Å². The van der Waals surface area contributed by atoms with E-state index in [0.717, 1.165) is 17.7 Å². The summed E-state index contributed by atoms with van der Waals surface area (Å²) < 4.78 is 7.40. The number of ether oxygens (including phenoxy) is 1. The Hall–Kier alpha value is -3.02. The first kappa shape index (κ1) is 14.6. The molecule has 3 aromatic rings. The van der Waals surface area contributed by atoms with Crippen LogP contribution in [0.2, 0.25) is 0 Å². The Morgan fingerprint density at radius 3 is 2.67 bits per heavy atom. The van der Waals surface area contributed by atoms with Gasteiger partial charge in [-0.05, 0) is 18.1 Å². The molecule has 122 valence electrons. The minimum atomic E-state index is 0.00686. The summed E-state index contributed by atoms with van der Waals surface area (Å²) in [5.41, 5.74) is 8.13.